The van der Waals surface area contributed by atoms with Crippen molar-refractivity contribution in [2.45, 2.75) is 0 Å². The van der Waals surface area contributed by atoms with Gasteiger partial charge in [-0.25, -0.2) is 0 Å². The molecule has 46 valence electrons. The molecule has 2 nitrogen and oxygen atoms in total. The highest BCUT2D eigenvalue weighted by atomic mass is 32.2. The van der Waals surface area contributed by atoms with Crippen LogP contribution in [0.2, 0.25) is 0 Å². The fraction of sp³-hybridized carbons (Fsp3) is 1.00. The average Bonchev–Trinajstić information content (AvgIpc) is 1.51. The molecular weight excluding hydrogens is 124 g/mol. The maximum Gasteiger partial charge on any atom is 0.120 e. The van der Waals surface area contributed by atoms with Crippen molar-refractivity contribution in [2.75, 3.05) is 24.7 Å². The van der Waals surface area contributed by atoms with E-state index in [4.69, 9.17) is 4.74 Å². The Kier molecular flexibility index (Phi) is 0.892. The van der Waals surface area contributed by atoms with Gasteiger partial charge in [-0.3, -0.25) is 0 Å². The third-order valence-electron chi connectivity index (χ3n) is 1.75. The second-order valence-electron chi connectivity index (χ2n) is 2.72. The van der Waals surface area contributed by atoms with Crippen LogP contribution in [0.1, 0.15) is 0 Å². The molecule has 2 rings (SSSR count). The maximum atomic E-state index is 10.6. The molecule has 0 aromatic rings. The molecule has 0 saturated carbocycles. The van der Waals surface area contributed by atoms with Crippen molar-refractivity contribution in [3.05, 3.63) is 0 Å². The topological polar surface area (TPSA) is 32.3 Å². The number of hydrogen-bond donors (Lipinski definition) is 0. The fourth-order valence-corrected chi connectivity index (χ4v) is 2.81. The molecule has 2 aliphatic heterocycles. The van der Waals surface area contributed by atoms with E-state index in [2.05, 4.69) is 0 Å². The summed E-state index contributed by atoms with van der Waals surface area (Å²) in [7, 11) is 0. The van der Waals surface area contributed by atoms with Crippen molar-refractivity contribution in [1.82, 2.24) is 0 Å². The van der Waals surface area contributed by atoms with Gasteiger partial charge in [0.1, 0.15) is 16.9 Å². The van der Waals surface area contributed by atoms with Gasteiger partial charge in [0, 0.05) is 0 Å². The number of rotatable bonds is 0. The Labute approximate surface area is 51.4 Å². The Morgan fingerprint density at radius 2 is 2.00 bits per heavy atom. The first-order valence-electron chi connectivity index (χ1n) is 2.74. The molecule has 2 heterocycles. The summed E-state index contributed by atoms with van der Waals surface area (Å²) in [6.07, 6.45) is 0. The van der Waals surface area contributed by atoms with Gasteiger partial charge < -0.3 is 9.29 Å². The van der Waals surface area contributed by atoms with Crippen LogP contribution in [-0.2, 0) is 15.9 Å². The lowest BCUT2D eigenvalue weighted by Crippen LogP contribution is -2.60. The van der Waals surface area contributed by atoms with Crippen LogP contribution < -0.4 is 0 Å². The van der Waals surface area contributed by atoms with E-state index in [0.717, 1.165) is 24.7 Å². The second-order valence-corrected chi connectivity index (χ2v) is 4.18. The summed E-state index contributed by atoms with van der Waals surface area (Å²) in [5.74, 6) is 1.79. The van der Waals surface area contributed by atoms with Crippen LogP contribution in [0.15, 0.2) is 0 Å². The zero-order valence-corrected chi connectivity index (χ0v) is 5.37. The van der Waals surface area contributed by atoms with Gasteiger partial charge in [0.25, 0.3) is 0 Å². The Morgan fingerprint density at radius 1 is 1.38 bits per heavy atom. The molecule has 0 N–H and O–H groups in total. The van der Waals surface area contributed by atoms with Gasteiger partial charge in [0.2, 0.25) is 0 Å². The minimum Gasteiger partial charge on any atom is -0.616 e. The van der Waals surface area contributed by atoms with Crippen molar-refractivity contribution < 1.29 is 9.29 Å². The SMILES string of the molecule is [O-][S+]1CC2(COC2)C1. The minimum atomic E-state index is -0.490. The zero-order chi connectivity index (χ0) is 5.61. The smallest absolute Gasteiger partial charge is 0.120 e. The van der Waals surface area contributed by atoms with Gasteiger partial charge in [-0.15, -0.1) is 0 Å². The third-order valence-corrected chi connectivity index (χ3v) is 3.62. The standard InChI is InChI=1S/C5H8O2S/c6-8-3-5(4-8)1-7-2-5/h1-4H2. The molecule has 2 aliphatic rings. The second kappa shape index (κ2) is 1.40. The van der Waals surface area contributed by atoms with Gasteiger partial charge in [-0.2, -0.15) is 0 Å². The molecule has 0 aromatic heterocycles. The Morgan fingerprint density at radius 3 is 2.12 bits per heavy atom. The molecule has 0 aromatic carbocycles. The molecule has 2 fully saturated rings. The Balaban J connectivity index is 1.92. The van der Waals surface area contributed by atoms with Crippen molar-refractivity contribution in [3.63, 3.8) is 0 Å². The molecule has 0 amide bonds. The van der Waals surface area contributed by atoms with E-state index in [9.17, 15) is 4.55 Å². The molecule has 3 heteroatoms. The van der Waals surface area contributed by atoms with Crippen molar-refractivity contribution in [2.24, 2.45) is 5.41 Å². The van der Waals surface area contributed by atoms with Crippen molar-refractivity contribution in [1.29, 1.82) is 0 Å². The van der Waals surface area contributed by atoms with E-state index in [-0.39, 0.29) is 0 Å². The van der Waals surface area contributed by atoms with E-state index < -0.39 is 11.2 Å². The normalized spacial score (nSPS) is 34.1. The summed E-state index contributed by atoms with van der Waals surface area (Å²) < 4.78 is 15.6. The Bertz CT molecular complexity index is 103. The molecule has 8 heavy (non-hydrogen) atoms. The lowest BCUT2D eigenvalue weighted by molar-refractivity contribution is -0.0933. The molecule has 1 spiro atoms. The zero-order valence-electron chi connectivity index (χ0n) is 4.55. The van der Waals surface area contributed by atoms with Crippen molar-refractivity contribution in [3.8, 4) is 0 Å². The highest BCUT2D eigenvalue weighted by Crippen LogP contribution is 2.39. The van der Waals surface area contributed by atoms with Gasteiger partial charge in [-0.1, -0.05) is 11.2 Å². The molecule has 0 aliphatic carbocycles. The molecular formula is C5H8O2S. The summed E-state index contributed by atoms with van der Waals surface area (Å²) in [5, 5.41) is 0. The average molecular weight is 132 g/mol. The van der Waals surface area contributed by atoms with Crippen LogP contribution in [-0.4, -0.2) is 29.3 Å². The first-order chi connectivity index (χ1) is 3.81. The highest BCUT2D eigenvalue weighted by Gasteiger charge is 2.54. The quantitative estimate of drug-likeness (QED) is 0.426. The maximum absolute atomic E-state index is 10.6. The summed E-state index contributed by atoms with van der Waals surface area (Å²) in [4.78, 5) is 0. The van der Waals surface area contributed by atoms with Crippen LogP contribution in [0, 0.1) is 5.41 Å². The minimum absolute atomic E-state index is 0.394. The van der Waals surface area contributed by atoms with Crippen molar-refractivity contribution >= 4 is 11.2 Å². The van der Waals surface area contributed by atoms with Crippen LogP contribution >= 0.6 is 0 Å². The number of hydrogen-bond acceptors (Lipinski definition) is 2. The van der Waals surface area contributed by atoms with Crippen LogP contribution in [0.3, 0.4) is 0 Å². The monoisotopic (exact) mass is 132 g/mol. The summed E-state index contributed by atoms with van der Waals surface area (Å²) in [6, 6.07) is 0. The van der Waals surface area contributed by atoms with Gasteiger partial charge in [0.15, 0.2) is 0 Å². The predicted molar refractivity (Wildman–Crippen MR) is 31.1 cm³/mol. The van der Waals surface area contributed by atoms with Crippen LogP contribution in [0.25, 0.3) is 0 Å². The van der Waals surface area contributed by atoms with Crippen LogP contribution in [0.5, 0.6) is 0 Å². The van der Waals surface area contributed by atoms with E-state index in [0.29, 0.717) is 5.41 Å². The molecule has 2 saturated heterocycles. The Hall–Kier alpha value is 0.270. The van der Waals surface area contributed by atoms with Gasteiger partial charge >= 0.3 is 0 Å². The van der Waals surface area contributed by atoms with Gasteiger partial charge in [0.05, 0.1) is 13.2 Å². The summed E-state index contributed by atoms with van der Waals surface area (Å²) in [5.41, 5.74) is 0.394. The largest absolute Gasteiger partial charge is 0.616 e. The predicted octanol–water partition coefficient (Wildman–Crippen LogP) is -0.235. The third kappa shape index (κ3) is 0.522. The highest BCUT2D eigenvalue weighted by molar-refractivity contribution is 7.92. The fourth-order valence-electron chi connectivity index (χ4n) is 1.20. The number of ether oxygens (including phenoxy) is 1. The van der Waals surface area contributed by atoms with Gasteiger partial charge in [-0.05, 0) is 0 Å². The van der Waals surface area contributed by atoms with E-state index in [1.165, 1.54) is 0 Å². The molecule has 0 unspecified atom stereocenters. The molecule has 0 atom stereocenters. The molecule has 0 radical (unpaired) electrons. The molecule has 0 bridgehead atoms. The summed E-state index contributed by atoms with van der Waals surface area (Å²) in [6.45, 7) is 1.72. The summed E-state index contributed by atoms with van der Waals surface area (Å²) >= 11 is -0.490. The lowest BCUT2D eigenvalue weighted by Gasteiger charge is -2.47. The lowest BCUT2D eigenvalue weighted by atomic mass is 9.90. The first-order valence-corrected chi connectivity index (χ1v) is 4.22. The van der Waals surface area contributed by atoms with E-state index in [1.54, 1.807) is 0 Å². The van der Waals surface area contributed by atoms with Crippen LogP contribution in [0.4, 0.5) is 0 Å². The van der Waals surface area contributed by atoms with E-state index >= 15 is 0 Å². The first kappa shape index (κ1) is 5.09. The van der Waals surface area contributed by atoms with E-state index in [1.807, 2.05) is 0 Å².